The summed E-state index contributed by atoms with van der Waals surface area (Å²) in [4.78, 5) is 21.8. The number of halogens is 2. The number of sulfonamides is 1. The van der Waals surface area contributed by atoms with E-state index < -0.39 is 39.2 Å². The topological polar surface area (TPSA) is 127 Å². The zero-order chi connectivity index (χ0) is 25.7. The van der Waals surface area contributed by atoms with Crippen LogP contribution in [0.1, 0.15) is 57.1 Å². The first kappa shape index (κ1) is 25.2. The largest absolute Gasteiger partial charge is 0.388 e. The Morgan fingerprint density at radius 2 is 2.00 bits per heavy atom. The van der Waals surface area contributed by atoms with Gasteiger partial charge in [0.05, 0.1) is 30.4 Å². The van der Waals surface area contributed by atoms with Gasteiger partial charge in [0.15, 0.2) is 0 Å². The predicted molar refractivity (Wildman–Crippen MR) is 128 cm³/mol. The average molecular weight is 526 g/mol. The second-order valence-electron chi connectivity index (χ2n) is 9.94. The van der Waals surface area contributed by atoms with E-state index in [1.165, 1.54) is 20.5 Å². The number of pyridine rings is 1. The van der Waals surface area contributed by atoms with Gasteiger partial charge in [-0.2, -0.15) is 9.29 Å². The SMILES string of the molecule is C[C@@]1(O)CCC[C@H]1n1c(=O)c(C(F)F)cc2cnc(NC3CCN(S(=O)(=O)C=C4COC4)CC3)nc21. The molecule has 0 aromatic carbocycles. The van der Waals surface area contributed by atoms with Crippen molar-refractivity contribution in [1.82, 2.24) is 18.8 Å². The molecule has 2 aliphatic heterocycles. The predicted octanol–water partition coefficient (Wildman–Crippen LogP) is 2.33. The van der Waals surface area contributed by atoms with Crippen molar-refractivity contribution in [3.05, 3.63) is 39.2 Å². The molecule has 2 atom stereocenters. The van der Waals surface area contributed by atoms with Crippen LogP contribution in [0.2, 0.25) is 0 Å². The number of ether oxygens (including phenoxy) is 1. The lowest BCUT2D eigenvalue weighted by Crippen LogP contribution is -2.42. The second kappa shape index (κ2) is 9.43. The molecule has 13 heteroatoms. The number of aliphatic hydroxyl groups is 1. The van der Waals surface area contributed by atoms with E-state index in [1.807, 2.05) is 0 Å². The molecule has 2 N–H and O–H groups in total. The maximum absolute atomic E-state index is 13.6. The Bertz CT molecular complexity index is 1350. The molecule has 0 unspecified atom stereocenters. The van der Waals surface area contributed by atoms with Crippen molar-refractivity contribution in [2.45, 2.75) is 63.1 Å². The maximum atomic E-state index is 13.6. The molecule has 1 aliphatic carbocycles. The van der Waals surface area contributed by atoms with Crippen LogP contribution in [-0.2, 0) is 14.8 Å². The van der Waals surface area contributed by atoms with Crippen LogP contribution in [0.15, 0.2) is 28.0 Å². The van der Waals surface area contributed by atoms with Crippen LogP contribution in [0.5, 0.6) is 0 Å². The lowest BCUT2D eigenvalue weighted by Gasteiger charge is -2.31. The summed E-state index contributed by atoms with van der Waals surface area (Å²) in [5, 5.41) is 15.6. The number of nitrogens with zero attached hydrogens (tertiary/aromatic N) is 4. The van der Waals surface area contributed by atoms with Gasteiger partial charge in [-0.1, -0.05) is 0 Å². The molecular formula is C23H29F2N5O5S. The monoisotopic (exact) mass is 525 g/mol. The van der Waals surface area contributed by atoms with Crippen LogP contribution < -0.4 is 10.9 Å². The Hall–Kier alpha value is -2.48. The first-order valence-electron chi connectivity index (χ1n) is 12.0. The van der Waals surface area contributed by atoms with Crippen LogP contribution in [0.4, 0.5) is 14.7 Å². The Kier molecular flexibility index (Phi) is 6.60. The summed E-state index contributed by atoms with van der Waals surface area (Å²) in [6.07, 6.45) is 1.05. The molecule has 3 aliphatic rings. The molecule has 36 heavy (non-hydrogen) atoms. The summed E-state index contributed by atoms with van der Waals surface area (Å²) in [6, 6.07) is 0.318. The minimum absolute atomic E-state index is 0.108. The second-order valence-corrected chi connectivity index (χ2v) is 11.7. The van der Waals surface area contributed by atoms with Gasteiger partial charge < -0.3 is 15.2 Å². The summed E-state index contributed by atoms with van der Waals surface area (Å²) in [5.41, 5.74) is -1.80. The van der Waals surface area contributed by atoms with E-state index in [-0.39, 0.29) is 23.0 Å². The number of hydrogen-bond acceptors (Lipinski definition) is 8. The Labute approximate surface area is 207 Å². The molecule has 0 bridgehead atoms. The quantitative estimate of drug-likeness (QED) is 0.589. The highest BCUT2D eigenvalue weighted by molar-refractivity contribution is 7.92. The fourth-order valence-electron chi connectivity index (χ4n) is 5.20. The maximum Gasteiger partial charge on any atom is 0.269 e. The lowest BCUT2D eigenvalue weighted by atomic mass is 9.99. The van der Waals surface area contributed by atoms with Crippen molar-refractivity contribution in [3.63, 3.8) is 0 Å². The first-order valence-corrected chi connectivity index (χ1v) is 13.5. The van der Waals surface area contributed by atoms with Gasteiger partial charge in [0.25, 0.3) is 12.0 Å². The molecular weight excluding hydrogens is 496 g/mol. The summed E-state index contributed by atoms with van der Waals surface area (Å²) in [6.45, 7) is 2.94. The van der Waals surface area contributed by atoms with E-state index in [1.54, 1.807) is 6.92 Å². The van der Waals surface area contributed by atoms with Crippen LogP contribution in [-0.4, -0.2) is 70.3 Å². The Morgan fingerprint density at radius 1 is 1.28 bits per heavy atom. The zero-order valence-corrected chi connectivity index (χ0v) is 20.7. The standard InChI is InChI=1S/C23H29F2N5O5S/c1-23(32)6-2-3-18(23)30-20-15(9-17(19(24)25)21(30)31)10-26-22(28-20)27-16-4-7-29(8-5-16)36(33,34)13-14-11-35-12-14/h9-10,13,16,18-19,32H,2-8,11-12H2,1H3,(H,26,27,28)/t18-,23-/m1/s1. The molecule has 2 aromatic rings. The van der Waals surface area contributed by atoms with Crippen molar-refractivity contribution in [3.8, 4) is 0 Å². The van der Waals surface area contributed by atoms with E-state index in [0.717, 1.165) is 11.6 Å². The van der Waals surface area contributed by atoms with Crippen LogP contribution in [0.25, 0.3) is 11.0 Å². The smallest absolute Gasteiger partial charge is 0.269 e. The molecule has 2 saturated heterocycles. The molecule has 10 nitrogen and oxygen atoms in total. The van der Waals surface area contributed by atoms with Gasteiger partial charge in [-0.3, -0.25) is 9.36 Å². The van der Waals surface area contributed by atoms with Gasteiger partial charge in [0.1, 0.15) is 5.65 Å². The molecule has 4 heterocycles. The van der Waals surface area contributed by atoms with Crippen molar-refractivity contribution in [2.75, 3.05) is 31.6 Å². The molecule has 0 radical (unpaired) electrons. The Balaban J connectivity index is 1.39. The van der Waals surface area contributed by atoms with Crippen molar-refractivity contribution >= 4 is 27.0 Å². The van der Waals surface area contributed by atoms with Crippen LogP contribution in [0.3, 0.4) is 0 Å². The number of rotatable bonds is 6. The van der Waals surface area contributed by atoms with Crippen molar-refractivity contribution in [1.29, 1.82) is 0 Å². The summed E-state index contributed by atoms with van der Waals surface area (Å²) in [5.74, 6) is 0.216. The molecule has 196 valence electrons. The highest BCUT2D eigenvalue weighted by atomic mass is 32.2. The minimum atomic E-state index is -3.50. The summed E-state index contributed by atoms with van der Waals surface area (Å²) >= 11 is 0. The molecule has 0 amide bonds. The number of anilines is 1. The fraction of sp³-hybridized carbons (Fsp3) is 0.609. The number of nitrogens with one attached hydrogen (secondary N) is 1. The average Bonchev–Trinajstić information content (AvgIpc) is 3.14. The third-order valence-electron chi connectivity index (χ3n) is 7.26. The number of fused-ring (bicyclic) bond motifs is 1. The van der Waals surface area contributed by atoms with Gasteiger partial charge in [0, 0.05) is 36.1 Å². The third-order valence-corrected chi connectivity index (χ3v) is 8.98. The first-order chi connectivity index (χ1) is 17.0. The summed E-state index contributed by atoms with van der Waals surface area (Å²) < 4.78 is 60.0. The van der Waals surface area contributed by atoms with Crippen molar-refractivity contribution < 1.29 is 27.0 Å². The van der Waals surface area contributed by atoms with Gasteiger partial charge in [-0.25, -0.2) is 22.2 Å². The highest BCUT2D eigenvalue weighted by Gasteiger charge is 2.40. The van der Waals surface area contributed by atoms with E-state index >= 15 is 0 Å². The normalized spacial score (nSPS) is 25.9. The van der Waals surface area contributed by atoms with E-state index in [4.69, 9.17) is 4.74 Å². The summed E-state index contributed by atoms with van der Waals surface area (Å²) in [7, 11) is -3.50. The molecule has 1 saturated carbocycles. The third kappa shape index (κ3) is 4.76. The van der Waals surface area contributed by atoms with E-state index in [9.17, 15) is 27.1 Å². The number of aromatic nitrogens is 3. The van der Waals surface area contributed by atoms with Gasteiger partial charge >= 0.3 is 0 Å². The van der Waals surface area contributed by atoms with Gasteiger partial charge in [-0.15, -0.1) is 0 Å². The molecule has 2 aromatic heterocycles. The van der Waals surface area contributed by atoms with Gasteiger partial charge in [-0.05, 0) is 50.7 Å². The highest BCUT2D eigenvalue weighted by Crippen LogP contribution is 2.40. The van der Waals surface area contributed by atoms with Crippen LogP contribution >= 0.6 is 0 Å². The number of alkyl halides is 2. The molecule has 0 spiro atoms. The van der Waals surface area contributed by atoms with E-state index in [0.29, 0.717) is 58.4 Å². The van der Waals surface area contributed by atoms with E-state index in [2.05, 4.69) is 15.3 Å². The Morgan fingerprint density at radius 3 is 2.58 bits per heavy atom. The molecule has 3 fully saturated rings. The fourth-order valence-corrected chi connectivity index (χ4v) is 6.63. The van der Waals surface area contributed by atoms with Gasteiger partial charge in [0.2, 0.25) is 16.0 Å². The van der Waals surface area contributed by atoms with Crippen molar-refractivity contribution in [2.24, 2.45) is 0 Å². The van der Waals surface area contributed by atoms with Crippen LogP contribution in [0, 0.1) is 0 Å². The zero-order valence-electron chi connectivity index (χ0n) is 19.9. The molecule has 5 rings (SSSR count). The lowest BCUT2D eigenvalue weighted by molar-refractivity contribution is 0.0261. The number of piperidine rings is 1. The minimum Gasteiger partial charge on any atom is -0.388 e. The number of hydrogen-bond donors (Lipinski definition) is 2.